The van der Waals surface area contributed by atoms with Gasteiger partial charge < -0.3 is 15.1 Å². The van der Waals surface area contributed by atoms with Crippen molar-refractivity contribution in [3.63, 3.8) is 0 Å². The van der Waals surface area contributed by atoms with Crippen molar-refractivity contribution in [2.75, 3.05) is 13.2 Å². The van der Waals surface area contributed by atoms with Gasteiger partial charge in [0, 0.05) is 0 Å². The van der Waals surface area contributed by atoms with Crippen molar-refractivity contribution < 1.29 is 34.7 Å². The highest BCUT2D eigenvalue weighted by Gasteiger charge is 1.94. The Labute approximate surface area is 123 Å². The van der Waals surface area contributed by atoms with Gasteiger partial charge in [-0.25, -0.2) is 9.63 Å². The number of ether oxygens (including phenoxy) is 1. The summed E-state index contributed by atoms with van der Waals surface area (Å²) in [5.74, 6) is 0. The van der Waals surface area contributed by atoms with Crippen LogP contribution in [0.15, 0.2) is 5.28 Å². The van der Waals surface area contributed by atoms with Crippen LogP contribution in [0.2, 0.25) is 0 Å². The van der Waals surface area contributed by atoms with Crippen LogP contribution in [0.1, 0.15) is 52.4 Å². The average molecular weight is 311 g/mol. The van der Waals surface area contributed by atoms with Gasteiger partial charge in [-0.3, -0.25) is 0 Å². The fourth-order valence-electron chi connectivity index (χ4n) is 1.06. The molecule has 0 unspecified atom stereocenters. The van der Waals surface area contributed by atoms with Gasteiger partial charge in [-0.2, -0.15) is 10.2 Å². The smallest absolute Gasteiger partial charge is 0.505 e. The van der Waals surface area contributed by atoms with Crippen LogP contribution in [-0.4, -0.2) is 34.7 Å². The number of nitrogens with one attached hydrogen (secondary N) is 1. The highest BCUT2D eigenvalue weighted by atomic mass is 17.2. The molecule has 10 heteroatoms. The first kappa shape index (κ1) is 21.5. The maximum absolute atomic E-state index is 10.4. The molecular weight excluding hydrogens is 286 g/mol. The summed E-state index contributed by atoms with van der Waals surface area (Å²) in [6.07, 6.45) is 4.82. The lowest BCUT2D eigenvalue weighted by molar-refractivity contribution is -0.678. The fourth-order valence-corrected chi connectivity index (χ4v) is 1.06. The Morgan fingerprint density at radius 3 is 2.38 bits per heavy atom. The van der Waals surface area contributed by atoms with Crippen LogP contribution in [0.4, 0.5) is 4.79 Å². The molecule has 126 valence electrons. The van der Waals surface area contributed by atoms with E-state index in [0.29, 0.717) is 13.2 Å². The molecule has 10 nitrogen and oxygen atoms in total. The molecule has 0 aliphatic rings. The minimum absolute atomic E-state index is 0.125. The summed E-state index contributed by atoms with van der Waals surface area (Å²) < 4.78 is 4.20. The number of hydrogen-bond acceptors (Lipinski definition) is 7. The van der Waals surface area contributed by atoms with E-state index in [0.717, 1.165) is 38.5 Å². The predicted molar refractivity (Wildman–Crippen MR) is 71.9 cm³/mol. The van der Waals surface area contributed by atoms with Crippen molar-refractivity contribution in [1.29, 1.82) is 0 Å². The van der Waals surface area contributed by atoms with E-state index in [1.807, 2.05) is 12.5 Å². The first-order chi connectivity index (χ1) is 10.1. The monoisotopic (exact) mass is 311 g/mol. The molecule has 0 saturated heterocycles. The summed E-state index contributed by atoms with van der Waals surface area (Å²) in [7, 11) is 0. The third kappa shape index (κ3) is 23.7. The minimum atomic E-state index is -1.18. The van der Waals surface area contributed by atoms with Crippen molar-refractivity contribution in [3.05, 3.63) is 5.21 Å². The van der Waals surface area contributed by atoms with Crippen LogP contribution in [0, 0.1) is 5.21 Å². The van der Waals surface area contributed by atoms with E-state index in [9.17, 15) is 10.0 Å². The molecule has 0 radical (unpaired) electrons. The van der Waals surface area contributed by atoms with Crippen molar-refractivity contribution in [2.24, 2.45) is 5.28 Å². The van der Waals surface area contributed by atoms with Crippen molar-refractivity contribution in [2.45, 2.75) is 52.4 Å². The zero-order chi connectivity index (χ0) is 16.3. The van der Waals surface area contributed by atoms with E-state index < -0.39 is 6.16 Å². The van der Waals surface area contributed by atoms with Gasteiger partial charge in [0.2, 0.25) is 0 Å². The number of hydrogen-bond donors (Lipinski definition) is 3. The zero-order valence-corrected chi connectivity index (χ0v) is 12.5. The fraction of sp³-hybridized carbons (Fsp3) is 0.909. The van der Waals surface area contributed by atoms with E-state index in [1.165, 1.54) is 0 Å². The Kier molecular flexibility index (Phi) is 18.6. The van der Waals surface area contributed by atoms with E-state index in [4.69, 9.17) is 10.4 Å². The molecule has 0 rings (SSSR count). The molecule has 0 amide bonds. The van der Waals surface area contributed by atoms with E-state index in [-0.39, 0.29) is 4.97 Å². The molecule has 0 aromatic rings. The Balaban J connectivity index is 0. The summed E-state index contributed by atoms with van der Waals surface area (Å²) in [5, 5.41) is 28.5. The minimum Gasteiger partial charge on any atom is -0.567 e. The Bertz CT molecular complexity index is 264. The van der Waals surface area contributed by atoms with Gasteiger partial charge in [-0.1, -0.05) is 39.5 Å². The predicted octanol–water partition coefficient (Wildman–Crippen LogP) is 2.85. The second kappa shape index (κ2) is 18.2. The molecule has 21 heavy (non-hydrogen) atoms. The lowest BCUT2D eigenvalue weighted by Gasteiger charge is -2.01. The summed E-state index contributed by atoms with van der Waals surface area (Å²) in [6, 6.07) is 0. The van der Waals surface area contributed by atoms with E-state index in [1.54, 1.807) is 0 Å². The first-order valence-corrected chi connectivity index (χ1v) is 6.80. The molecule has 0 spiro atoms. The molecule has 0 aliphatic heterocycles. The molecular formula is C11H25N3O7. The second-order valence-corrected chi connectivity index (χ2v) is 3.90. The first-order valence-electron chi connectivity index (χ1n) is 6.80. The van der Waals surface area contributed by atoms with Gasteiger partial charge in [0.25, 0.3) is 5.28 Å². The standard InChI is InChI=1S/C6H15N3O4.C5H10O3/c1-2-3-4-5-6-12-7-9(10)8-13-11;1-2-3-4-8-5(6)7/h11H,2-6H2,1H3,(H,7,8);2-4H2,1H3,(H,6,7). The van der Waals surface area contributed by atoms with Crippen LogP contribution >= 0.6 is 0 Å². The van der Waals surface area contributed by atoms with Gasteiger partial charge in [0.05, 0.1) is 13.2 Å². The number of carbonyl (C=O) groups is 1. The number of hydrazine groups is 1. The SMILES string of the molecule is CCCCCCON[N+]([O-])=NOO.CCCCOC(=O)O. The zero-order valence-electron chi connectivity index (χ0n) is 12.5. The Hall–Kier alpha value is -1.81. The van der Waals surface area contributed by atoms with Crippen molar-refractivity contribution in [1.82, 2.24) is 5.59 Å². The number of nitrogens with zero attached hydrogens (tertiary/aromatic N) is 2. The van der Waals surface area contributed by atoms with E-state index in [2.05, 4.69) is 26.8 Å². The molecule has 0 fully saturated rings. The maximum atomic E-state index is 10.4. The summed E-state index contributed by atoms with van der Waals surface area (Å²) in [4.78, 5) is 17.4. The second-order valence-electron chi connectivity index (χ2n) is 3.90. The lowest BCUT2D eigenvalue weighted by Crippen LogP contribution is -2.23. The topological polar surface area (TPSA) is 136 Å². The van der Waals surface area contributed by atoms with Crippen LogP contribution in [-0.2, 0) is 14.6 Å². The molecule has 0 aromatic heterocycles. The third-order valence-corrected chi connectivity index (χ3v) is 2.08. The quantitative estimate of drug-likeness (QED) is 0.132. The number of unbranched alkanes of at least 4 members (excludes halogenated alkanes) is 4. The number of carboxylic acid groups (broad SMARTS) is 1. The van der Waals surface area contributed by atoms with Crippen molar-refractivity contribution >= 4 is 6.16 Å². The van der Waals surface area contributed by atoms with Gasteiger partial charge in [0.1, 0.15) is 4.97 Å². The van der Waals surface area contributed by atoms with Crippen LogP contribution in [0.3, 0.4) is 0 Å². The molecule has 0 aliphatic carbocycles. The van der Waals surface area contributed by atoms with Crippen molar-refractivity contribution in [3.8, 4) is 0 Å². The van der Waals surface area contributed by atoms with Crippen LogP contribution < -0.4 is 5.59 Å². The summed E-state index contributed by atoms with van der Waals surface area (Å²) >= 11 is 0. The Morgan fingerprint density at radius 1 is 1.19 bits per heavy atom. The van der Waals surface area contributed by atoms with Gasteiger partial charge in [-0.05, 0) is 18.4 Å². The molecule has 0 bridgehead atoms. The normalized spacial score (nSPS) is 10.3. The van der Waals surface area contributed by atoms with E-state index >= 15 is 0 Å². The molecule has 3 N–H and O–H groups in total. The van der Waals surface area contributed by atoms with Crippen LogP contribution in [0.5, 0.6) is 0 Å². The maximum Gasteiger partial charge on any atom is 0.505 e. The highest BCUT2D eigenvalue weighted by Crippen LogP contribution is 1.97. The molecule has 0 saturated carbocycles. The summed E-state index contributed by atoms with van der Waals surface area (Å²) in [5.41, 5.74) is 1.89. The number of rotatable bonds is 11. The van der Waals surface area contributed by atoms with Gasteiger partial charge in [0.15, 0.2) is 0 Å². The largest absolute Gasteiger partial charge is 0.567 e. The average Bonchev–Trinajstić information content (AvgIpc) is 2.44. The third-order valence-electron chi connectivity index (χ3n) is 2.08. The van der Waals surface area contributed by atoms with Gasteiger partial charge in [-0.15, -0.1) is 0 Å². The molecule has 0 aromatic carbocycles. The summed E-state index contributed by atoms with van der Waals surface area (Å²) in [6.45, 7) is 4.83. The molecule has 0 heterocycles. The van der Waals surface area contributed by atoms with Gasteiger partial charge >= 0.3 is 6.16 Å². The molecule has 0 atom stereocenters. The highest BCUT2D eigenvalue weighted by molar-refractivity contribution is 5.56. The van der Waals surface area contributed by atoms with Crippen LogP contribution in [0.25, 0.3) is 0 Å². The Morgan fingerprint density at radius 2 is 1.86 bits per heavy atom. The lowest BCUT2D eigenvalue weighted by atomic mass is 10.2.